The van der Waals surface area contributed by atoms with Gasteiger partial charge in [0.05, 0.1) is 5.56 Å². The maximum absolute atomic E-state index is 14.2. The molecule has 1 heterocycles. The van der Waals surface area contributed by atoms with E-state index in [1.54, 1.807) is 12.1 Å². The first-order valence-electron chi connectivity index (χ1n) is 8.99. The molecule has 1 aliphatic heterocycles. The minimum Gasteiger partial charge on any atom is -0.342 e. The Morgan fingerprint density at radius 3 is 2.32 bits per heavy atom. The van der Waals surface area contributed by atoms with Crippen LogP contribution in [0.15, 0.2) is 42.5 Å². The van der Waals surface area contributed by atoms with Gasteiger partial charge in [-0.05, 0) is 54.9 Å². The zero-order valence-corrected chi connectivity index (χ0v) is 14.1. The van der Waals surface area contributed by atoms with Gasteiger partial charge in [-0.2, -0.15) is 0 Å². The molecule has 130 valence electrons. The fourth-order valence-corrected chi connectivity index (χ4v) is 3.96. The highest BCUT2D eigenvalue weighted by Crippen LogP contribution is 2.51. The van der Waals surface area contributed by atoms with Crippen LogP contribution in [0.2, 0.25) is 0 Å². The topological polar surface area (TPSA) is 20.3 Å². The fraction of sp³-hybridized carbons (Fsp3) is 0.381. The van der Waals surface area contributed by atoms with E-state index in [0.717, 1.165) is 37.9 Å². The van der Waals surface area contributed by atoms with E-state index in [-0.39, 0.29) is 23.3 Å². The van der Waals surface area contributed by atoms with E-state index in [2.05, 4.69) is 0 Å². The number of carbonyl (C=O) groups excluding carboxylic acids is 1. The standard InChI is InChI=1S/C21H21F2NO/c22-18-9-6-10-19(23)20(18)15-8-3-2-7-14(15)16-13-17(16)21(25)24-11-4-1-5-12-24/h2-3,6-10,16-17H,1,4-5,11-13H2/t16-,17+/m0/s1. The monoisotopic (exact) mass is 341 g/mol. The molecule has 25 heavy (non-hydrogen) atoms. The van der Waals surface area contributed by atoms with Crippen molar-refractivity contribution in [2.75, 3.05) is 13.1 Å². The number of hydrogen-bond donors (Lipinski definition) is 0. The minimum atomic E-state index is -0.563. The Bertz CT molecular complexity index is 778. The quantitative estimate of drug-likeness (QED) is 0.789. The third-order valence-electron chi connectivity index (χ3n) is 5.37. The van der Waals surface area contributed by atoms with Crippen molar-refractivity contribution in [2.24, 2.45) is 5.92 Å². The molecule has 0 radical (unpaired) electrons. The highest BCUT2D eigenvalue weighted by atomic mass is 19.1. The van der Waals surface area contributed by atoms with Gasteiger partial charge < -0.3 is 4.90 Å². The van der Waals surface area contributed by atoms with Gasteiger partial charge in [-0.3, -0.25) is 4.79 Å². The third kappa shape index (κ3) is 3.06. The number of benzene rings is 2. The highest BCUT2D eigenvalue weighted by Gasteiger charge is 2.46. The van der Waals surface area contributed by atoms with E-state index in [4.69, 9.17) is 0 Å². The first-order valence-corrected chi connectivity index (χ1v) is 8.99. The number of hydrogen-bond acceptors (Lipinski definition) is 1. The zero-order valence-electron chi connectivity index (χ0n) is 14.1. The molecule has 1 saturated carbocycles. The molecule has 2 fully saturated rings. The molecule has 1 aliphatic carbocycles. The molecular formula is C21H21F2NO. The van der Waals surface area contributed by atoms with Gasteiger partial charge in [0.2, 0.25) is 5.91 Å². The van der Waals surface area contributed by atoms with Crippen molar-refractivity contribution in [3.63, 3.8) is 0 Å². The summed E-state index contributed by atoms with van der Waals surface area (Å²) in [5.74, 6) is -0.911. The lowest BCUT2D eigenvalue weighted by Crippen LogP contribution is -2.36. The van der Waals surface area contributed by atoms with Gasteiger partial charge in [0.15, 0.2) is 0 Å². The van der Waals surface area contributed by atoms with Gasteiger partial charge >= 0.3 is 0 Å². The lowest BCUT2D eigenvalue weighted by Gasteiger charge is -2.27. The van der Waals surface area contributed by atoms with Crippen molar-refractivity contribution < 1.29 is 13.6 Å². The molecule has 0 spiro atoms. The number of nitrogens with zero attached hydrogens (tertiary/aromatic N) is 1. The Balaban J connectivity index is 1.62. The van der Waals surface area contributed by atoms with Crippen molar-refractivity contribution in [3.05, 3.63) is 59.7 Å². The first kappa shape index (κ1) is 16.2. The molecule has 2 atom stereocenters. The van der Waals surface area contributed by atoms with E-state index in [1.165, 1.54) is 24.6 Å². The minimum absolute atomic E-state index is 0.00849. The molecule has 2 aromatic carbocycles. The summed E-state index contributed by atoms with van der Waals surface area (Å²) < 4.78 is 28.5. The Morgan fingerprint density at radius 1 is 0.920 bits per heavy atom. The Labute approximate surface area is 146 Å². The maximum atomic E-state index is 14.2. The van der Waals surface area contributed by atoms with Gasteiger partial charge in [-0.1, -0.05) is 30.3 Å². The van der Waals surface area contributed by atoms with Crippen molar-refractivity contribution in [3.8, 4) is 11.1 Å². The summed E-state index contributed by atoms with van der Waals surface area (Å²) in [6.45, 7) is 1.68. The van der Waals surface area contributed by atoms with Crippen LogP contribution >= 0.6 is 0 Å². The highest BCUT2D eigenvalue weighted by molar-refractivity contribution is 5.84. The second kappa shape index (κ2) is 6.58. The van der Waals surface area contributed by atoms with E-state index < -0.39 is 11.6 Å². The van der Waals surface area contributed by atoms with Gasteiger partial charge in [0, 0.05) is 19.0 Å². The van der Waals surface area contributed by atoms with Crippen LogP contribution in [0.1, 0.15) is 37.2 Å². The smallest absolute Gasteiger partial charge is 0.226 e. The Morgan fingerprint density at radius 2 is 1.60 bits per heavy atom. The van der Waals surface area contributed by atoms with Crippen LogP contribution < -0.4 is 0 Å². The molecule has 0 unspecified atom stereocenters. The first-order chi connectivity index (χ1) is 12.2. The third-order valence-corrected chi connectivity index (χ3v) is 5.37. The molecule has 2 nitrogen and oxygen atoms in total. The van der Waals surface area contributed by atoms with Crippen LogP contribution in [-0.4, -0.2) is 23.9 Å². The number of piperidine rings is 1. The van der Waals surface area contributed by atoms with Gasteiger partial charge in [-0.15, -0.1) is 0 Å². The Hall–Kier alpha value is -2.23. The number of likely N-dealkylation sites (tertiary alicyclic amines) is 1. The molecule has 0 bridgehead atoms. The molecule has 1 saturated heterocycles. The number of amides is 1. The van der Waals surface area contributed by atoms with Crippen LogP contribution in [0.3, 0.4) is 0 Å². The van der Waals surface area contributed by atoms with Crippen molar-refractivity contribution >= 4 is 5.91 Å². The summed E-state index contributed by atoms with van der Waals surface area (Å²) in [6, 6.07) is 11.2. The summed E-state index contributed by atoms with van der Waals surface area (Å²) >= 11 is 0. The maximum Gasteiger partial charge on any atom is 0.226 e. The fourth-order valence-electron chi connectivity index (χ4n) is 3.96. The summed E-state index contributed by atoms with van der Waals surface area (Å²) in [6.07, 6.45) is 4.09. The normalized spacial score (nSPS) is 22.7. The molecule has 0 aromatic heterocycles. The SMILES string of the molecule is O=C([C@@H]1C[C@H]1c1ccccc1-c1c(F)cccc1F)N1CCCCC1. The van der Waals surface area contributed by atoms with Crippen LogP contribution in [0, 0.1) is 17.6 Å². The summed E-state index contributed by atoms with van der Waals surface area (Å²) in [4.78, 5) is 14.7. The molecule has 2 aromatic rings. The average Bonchev–Trinajstić information content (AvgIpc) is 3.43. The second-order valence-electron chi connectivity index (χ2n) is 7.02. The number of rotatable bonds is 3. The van der Waals surface area contributed by atoms with E-state index >= 15 is 0 Å². The van der Waals surface area contributed by atoms with Crippen molar-refractivity contribution in [1.29, 1.82) is 0 Å². The van der Waals surface area contributed by atoms with Crippen LogP contribution in [-0.2, 0) is 4.79 Å². The summed E-state index contributed by atoms with van der Waals surface area (Å²) in [7, 11) is 0. The predicted octanol–water partition coefficient (Wildman–Crippen LogP) is 4.75. The summed E-state index contributed by atoms with van der Waals surface area (Å²) in [5.41, 5.74) is 1.45. The van der Waals surface area contributed by atoms with E-state index in [9.17, 15) is 13.6 Å². The molecule has 4 rings (SSSR count). The molecule has 4 heteroatoms. The van der Waals surface area contributed by atoms with Crippen LogP contribution in [0.25, 0.3) is 11.1 Å². The lowest BCUT2D eigenvalue weighted by molar-refractivity contribution is -0.133. The van der Waals surface area contributed by atoms with Gasteiger partial charge in [0.25, 0.3) is 0 Å². The second-order valence-corrected chi connectivity index (χ2v) is 7.02. The molecule has 0 N–H and O–H groups in total. The van der Waals surface area contributed by atoms with Crippen LogP contribution in [0.5, 0.6) is 0 Å². The molecule has 1 amide bonds. The predicted molar refractivity (Wildman–Crippen MR) is 93.1 cm³/mol. The summed E-state index contributed by atoms with van der Waals surface area (Å²) in [5, 5.41) is 0. The number of halogens is 2. The van der Waals surface area contributed by atoms with Crippen molar-refractivity contribution in [2.45, 2.75) is 31.6 Å². The van der Waals surface area contributed by atoms with E-state index in [0.29, 0.717) is 5.56 Å². The van der Waals surface area contributed by atoms with Gasteiger partial charge in [-0.25, -0.2) is 8.78 Å². The Kier molecular flexibility index (Phi) is 4.28. The zero-order chi connectivity index (χ0) is 17.4. The average molecular weight is 341 g/mol. The molecular weight excluding hydrogens is 320 g/mol. The van der Waals surface area contributed by atoms with Crippen LogP contribution in [0.4, 0.5) is 8.78 Å². The van der Waals surface area contributed by atoms with Gasteiger partial charge in [0.1, 0.15) is 11.6 Å². The van der Waals surface area contributed by atoms with Crippen molar-refractivity contribution in [1.82, 2.24) is 4.90 Å². The molecule has 2 aliphatic rings. The van der Waals surface area contributed by atoms with E-state index in [1.807, 2.05) is 17.0 Å². The number of carbonyl (C=O) groups is 1. The largest absolute Gasteiger partial charge is 0.342 e. The lowest BCUT2D eigenvalue weighted by atomic mass is 9.95.